The minimum absolute atomic E-state index is 0.0349. The van der Waals surface area contributed by atoms with E-state index in [-0.39, 0.29) is 5.91 Å². The molecule has 32 heavy (non-hydrogen) atoms. The van der Waals surface area contributed by atoms with E-state index in [0.29, 0.717) is 12.1 Å². The topological polar surface area (TPSA) is 70.7 Å². The van der Waals surface area contributed by atoms with Crippen LogP contribution in [0.15, 0.2) is 85.3 Å². The van der Waals surface area contributed by atoms with Crippen LogP contribution in [0.3, 0.4) is 0 Å². The molecule has 158 valence electrons. The molecule has 0 bridgehead atoms. The first-order chi connectivity index (χ1) is 15.6. The summed E-state index contributed by atoms with van der Waals surface area (Å²) in [5, 5.41) is 11.8. The Labute approximate surface area is 188 Å². The van der Waals surface area contributed by atoms with E-state index >= 15 is 0 Å². The molecule has 5 heteroatoms. The molecule has 4 aromatic rings. The molecular weight excluding hydrogens is 396 g/mol. The highest BCUT2D eigenvalue weighted by molar-refractivity contribution is 5.74. The molecule has 1 aromatic heterocycles. The summed E-state index contributed by atoms with van der Waals surface area (Å²) >= 11 is 0. The van der Waals surface area contributed by atoms with Crippen molar-refractivity contribution in [2.24, 2.45) is 0 Å². The molecule has 1 heterocycles. The predicted octanol–water partition coefficient (Wildman–Crippen LogP) is 4.70. The number of nitriles is 1. The summed E-state index contributed by atoms with van der Waals surface area (Å²) in [5.74, 6) is -0.0349. The largest absolute Gasteiger partial charge is 0.352 e. The Kier molecular flexibility index (Phi) is 6.43. The van der Waals surface area contributed by atoms with Crippen molar-refractivity contribution in [3.63, 3.8) is 0 Å². The Morgan fingerprint density at radius 3 is 2.44 bits per heavy atom. The van der Waals surface area contributed by atoms with Crippen LogP contribution in [0.4, 0.5) is 0 Å². The minimum Gasteiger partial charge on any atom is -0.352 e. The van der Waals surface area contributed by atoms with Crippen molar-refractivity contribution in [1.29, 1.82) is 5.26 Å². The second-order valence-electron chi connectivity index (χ2n) is 7.76. The smallest absolute Gasteiger partial charge is 0.217 e. The second-order valence-corrected chi connectivity index (χ2v) is 7.76. The Morgan fingerprint density at radius 1 is 1.00 bits per heavy atom. The minimum atomic E-state index is -0.0349. The van der Waals surface area contributed by atoms with Gasteiger partial charge < -0.3 is 9.88 Å². The highest BCUT2D eigenvalue weighted by atomic mass is 16.1. The predicted molar refractivity (Wildman–Crippen MR) is 125 cm³/mol. The van der Waals surface area contributed by atoms with Crippen molar-refractivity contribution in [3.05, 3.63) is 113 Å². The lowest BCUT2D eigenvalue weighted by Gasteiger charge is -2.12. The van der Waals surface area contributed by atoms with Gasteiger partial charge in [-0.1, -0.05) is 60.7 Å². The lowest BCUT2D eigenvalue weighted by Crippen LogP contribution is -2.19. The van der Waals surface area contributed by atoms with Crippen LogP contribution in [0.25, 0.3) is 11.1 Å². The van der Waals surface area contributed by atoms with Gasteiger partial charge in [-0.05, 0) is 39.9 Å². The number of amides is 1. The molecule has 0 saturated heterocycles. The van der Waals surface area contributed by atoms with E-state index in [2.05, 4.69) is 51.3 Å². The lowest BCUT2D eigenvalue weighted by atomic mass is 9.98. The third kappa shape index (κ3) is 5.11. The summed E-state index contributed by atoms with van der Waals surface area (Å²) in [6, 6.07) is 26.5. The maximum atomic E-state index is 11.3. The number of nitrogens with zero attached hydrogens (tertiary/aromatic N) is 3. The van der Waals surface area contributed by atoms with E-state index in [1.807, 2.05) is 55.0 Å². The Bertz CT molecular complexity index is 1250. The van der Waals surface area contributed by atoms with Gasteiger partial charge in [-0.2, -0.15) is 5.26 Å². The molecule has 5 nitrogen and oxygen atoms in total. The van der Waals surface area contributed by atoms with Gasteiger partial charge >= 0.3 is 0 Å². The number of benzene rings is 3. The number of carbonyl (C=O) groups is 1. The van der Waals surface area contributed by atoms with Gasteiger partial charge in [0, 0.05) is 38.3 Å². The molecule has 3 aromatic carbocycles. The van der Waals surface area contributed by atoms with Crippen molar-refractivity contribution >= 4 is 5.91 Å². The summed E-state index contributed by atoms with van der Waals surface area (Å²) in [5.41, 5.74) is 7.47. The number of hydrogen-bond donors (Lipinski definition) is 1. The average Bonchev–Trinajstić information content (AvgIpc) is 3.25. The summed E-state index contributed by atoms with van der Waals surface area (Å²) in [6.45, 7) is 2.78. The lowest BCUT2D eigenvalue weighted by molar-refractivity contribution is -0.119. The summed E-state index contributed by atoms with van der Waals surface area (Å²) in [6.07, 6.45) is 4.51. The van der Waals surface area contributed by atoms with Crippen LogP contribution < -0.4 is 5.32 Å². The zero-order valence-corrected chi connectivity index (χ0v) is 18.0. The van der Waals surface area contributed by atoms with E-state index in [4.69, 9.17) is 5.26 Å². The van der Waals surface area contributed by atoms with Gasteiger partial charge in [-0.3, -0.25) is 4.79 Å². The van der Waals surface area contributed by atoms with Crippen LogP contribution in [0.5, 0.6) is 0 Å². The fourth-order valence-electron chi connectivity index (χ4n) is 3.71. The standard InChI is InChI=1S/C27H24N4O/c1-20(32)30-16-25-4-2-3-5-27(25)24-12-10-23(11-13-24)18-31-19-29-17-26(31)14-21-6-8-22(15-28)9-7-21/h2-13,17,19H,14,16,18H2,1H3,(H,30,32). The third-order valence-electron chi connectivity index (χ3n) is 5.43. The quantitative estimate of drug-likeness (QED) is 0.471. The second kappa shape index (κ2) is 9.76. The molecule has 1 N–H and O–H groups in total. The number of nitrogens with one attached hydrogen (secondary N) is 1. The van der Waals surface area contributed by atoms with Crippen molar-refractivity contribution in [2.45, 2.75) is 26.4 Å². The first-order valence-corrected chi connectivity index (χ1v) is 10.5. The number of imidazole rings is 1. The molecule has 0 radical (unpaired) electrons. The fourth-order valence-corrected chi connectivity index (χ4v) is 3.71. The average molecular weight is 421 g/mol. The van der Waals surface area contributed by atoms with Gasteiger partial charge in [0.05, 0.1) is 18.0 Å². The van der Waals surface area contributed by atoms with Gasteiger partial charge in [-0.25, -0.2) is 4.98 Å². The molecule has 0 saturated carbocycles. The van der Waals surface area contributed by atoms with E-state index in [0.717, 1.165) is 40.9 Å². The molecule has 1 amide bonds. The van der Waals surface area contributed by atoms with Crippen LogP contribution in [0.2, 0.25) is 0 Å². The van der Waals surface area contributed by atoms with Gasteiger partial charge in [0.25, 0.3) is 0 Å². The van der Waals surface area contributed by atoms with Crippen LogP contribution in [-0.2, 0) is 24.3 Å². The molecule has 0 aliphatic heterocycles. The number of aromatic nitrogens is 2. The van der Waals surface area contributed by atoms with Gasteiger partial charge in [0.15, 0.2) is 0 Å². The normalized spacial score (nSPS) is 10.5. The number of rotatable bonds is 7. The first-order valence-electron chi connectivity index (χ1n) is 10.5. The zero-order valence-electron chi connectivity index (χ0n) is 18.0. The maximum absolute atomic E-state index is 11.3. The highest BCUT2D eigenvalue weighted by Crippen LogP contribution is 2.24. The first kappa shape index (κ1) is 21.1. The molecule has 0 fully saturated rings. The SMILES string of the molecule is CC(=O)NCc1ccccc1-c1ccc(Cn2cncc2Cc2ccc(C#N)cc2)cc1. The molecule has 0 aliphatic carbocycles. The monoisotopic (exact) mass is 420 g/mol. The van der Waals surface area contributed by atoms with Crippen LogP contribution in [0.1, 0.15) is 34.9 Å². The van der Waals surface area contributed by atoms with Crippen molar-refractivity contribution < 1.29 is 4.79 Å². The third-order valence-corrected chi connectivity index (χ3v) is 5.43. The van der Waals surface area contributed by atoms with E-state index in [1.54, 1.807) is 0 Å². The van der Waals surface area contributed by atoms with Crippen molar-refractivity contribution in [2.75, 3.05) is 0 Å². The fraction of sp³-hybridized carbons (Fsp3) is 0.148. The molecule has 0 atom stereocenters. The molecule has 4 rings (SSSR count). The molecular formula is C27H24N4O. The van der Waals surface area contributed by atoms with Gasteiger partial charge in [0.1, 0.15) is 0 Å². The molecule has 0 spiro atoms. The van der Waals surface area contributed by atoms with E-state index < -0.39 is 0 Å². The van der Waals surface area contributed by atoms with E-state index in [9.17, 15) is 4.79 Å². The van der Waals surface area contributed by atoms with Gasteiger partial charge in [-0.15, -0.1) is 0 Å². The highest BCUT2D eigenvalue weighted by Gasteiger charge is 2.08. The summed E-state index contributed by atoms with van der Waals surface area (Å²) < 4.78 is 2.15. The van der Waals surface area contributed by atoms with Crippen LogP contribution >= 0.6 is 0 Å². The number of hydrogen-bond acceptors (Lipinski definition) is 3. The number of carbonyl (C=O) groups excluding carboxylic acids is 1. The Hall–Kier alpha value is -4.17. The molecule has 0 unspecified atom stereocenters. The van der Waals surface area contributed by atoms with E-state index in [1.165, 1.54) is 12.5 Å². The zero-order chi connectivity index (χ0) is 22.3. The maximum Gasteiger partial charge on any atom is 0.217 e. The molecule has 0 aliphatic rings. The summed E-state index contributed by atoms with van der Waals surface area (Å²) in [7, 11) is 0. The Morgan fingerprint density at radius 2 is 1.72 bits per heavy atom. The van der Waals surface area contributed by atoms with Crippen LogP contribution in [0, 0.1) is 11.3 Å². The summed E-state index contributed by atoms with van der Waals surface area (Å²) in [4.78, 5) is 15.6. The van der Waals surface area contributed by atoms with Crippen LogP contribution in [-0.4, -0.2) is 15.5 Å². The van der Waals surface area contributed by atoms with Crippen molar-refractivity contribution in [1.82, 2.24) is 14.9 Å². The Balaban J connectivity index is 1.48. The van der Waals surface area contributed by atoms with Gasteiger partial charge in [0.2, 0.25) is 5.91 Å². The van der Waals surface area contributed by atoms with Crippen molar-refractivity contribution in [3.8, 4) is 17.2 Å².